The number of aryl methyl sites for hydroxylation is 1. The lowest BCUT2D eigenvalue weighted by molar-refractivity contribution is 0.0695. The Labute approximate surface area is 197 Å². The number of aliphatic hydroxyl groups is 1. The van der Waals surface area contributed by atoms with Crippen LogP contribution >= 0.6 is 11.6 Å². The average molecular weight is 458 g/mol. The van der Waals surface area contributed by atoms with Crippen LogP contribution in [0.3, 0.4) is 0 Å². The summed E-state index contributed by atoms with van der Waals surface area (Å²) in [6, 6.07) is 22.5. The Morgan fingerprint density at radius 1 is 1.03 bits per heavy atom. The Morgan fingerprint density at radius 2 is 1.82 bits per heavy atom. The molecule has 4 aromatic rings. The molecule has 3 aromatic carbocycles. The Hall–Kier alpha value is -3.47. The van der Waals surface area contributed by atoms with Crippen molar-refractivity contribution < 1.29 is 15.0 Å². The SMILES string of the molecule is Cc1cccc(C(=O)O)c1CC[C@H](O)c1cccc(C=Cc2ccc3ccc(Cl)cc3n2)c1. The Bertz CT molecular complexity index is 1350. The van der Waals surface area contributed by atoms with E-state index >= 15 is 0 Å². The first-order valence-corrected chi connectivity index (χ1v) is 11.1. The molecule has 2 N–H and O–H groups in total. The van der Waals surface area contributed by atoms with E-state index in [2.05, 4.69) is 4.98 Å². The van der Waals surface area contributed by atoms with Crippen molar-refractivity contribution in [2.45, 2.75) is 25.9 Å². The lowest BCUT2D eigenvalue weighted by Gasteiger charge is -2.14. The van der Waals surface area contributed by atoms with Crippen molar-refractivity contribution in [1.82, 2.24) is 4.98 Å². The molecule has 0 saturated carbocycles. The fourth-order valence-electron chi connectivity index (χ4n) is 3.93. The number of aromatic carboxylic acids is 1. The van der Waals surface area contributed by atoms with Crippen molar-refractivity contribution in [2.75, 3.05) is 0 Å². The van der Waals surface area contributed by atoms with Gasteiger partial charge in [0, 0.05) is 10.4 Å². The zero-order valence-electron chi connectivity index (χ0n) is 18.2. The minimum absolute atomic E-state index is 0.294. The fourth-order valence-corrected chi connectivity index (χ4v) is 4.10. The Morgan fingerprint density at radius 3 is 2.64 bits per heavy atom. The van der Waals surface area contributed by atoms with Gasteiger partial charge in [-0.25, -0.2) is 9.78 Å². The molecule has 0 radical (unpaired) electrons. The van der Waals surface area contributed by atoms with Crippen LogP contribution in [-0.4, -0.2) is 21.2 Å². The molecule has 4 nitrogen and oxygen atoms in total. The average Bonchev–Trinajstić information content (AvgIpc) is 2.81. The van der Waals surface area contributed by atoms with Gasteiger partial charge in [-0.2, -0.15) is 0 Å². The van der Waals surface area contributed by atoms with Crippen LogP contribution in [0.4, 0.5) is 0 Å². The van der Waals surface area contributed by atoms with Crippen LogP contribution in [-0.2, 0) is 6.42 Å². The van der Waals surface area contributed by atoms with Gasteiger partial charge in [-0.15, -0.1) is 0 Å². The topological polar surface area (TPSA) is 70.4 Å². The zero-order valence-corrected chi connectivity index (χ0v) is 19.0. The Balaban J connectivity index is 1.48. The number of nitrogens with zero attached hydrogens (tertiary/aromatic N) is 1. The number of hydrogen-bond donors (Lipinski definition) is 2. The fraction of sp³-hybridized carbons (Fsp3) is 0.143. The van der Waals surface area contributed by atoms with Gasteiger partial charge in [0.25, 0.3) is 0 Å². The molecule has 1 atom stereocenters. The van der Waals surface area contributed by atoms with Crippen molar-refractivity contribution in [3.63, 3.8) is 0 Å². The van der Waals surface area contributed by atoms with Crippen LogP contribution in [0.2, 0.25) is 5.02 Å². The second-order valence-electron chi connectivity index (χ2n) is 8.04. The zero-order chi connectivity index (χ0) is 23.4. The van der Waals surface area contributed by atoms with Gasteiger partial charge in [-0.3, -0.25) is 0 Å². The van der Waals surface area contributed by atoms with Gasteiger partial charge in [0.2, 0.25) is 0 Å². The number of pyridine rings is 1. The van der Waals surface area contributed by atoms with Gasteiger partial charge in [-0.05, 0) is 78.4 Å². The molecule has 33 heavy (non-hydrogen) atoms. The quantitative estimate of drug-likeness (QED) is 0.322. The molecule has 0 aliphatic heterocycles. The van der Waals surface area contributed by atoms with E-state index in [1.165, 1.54) is 0 Å². The van der Waals surface area contributed by atoms with E-state index in [1.54, 1.807) is 12.1 Å². The normalized spacial score (nSPS) is 12.3. The van der Waals surface area contributed by atoms with Gasteiger partial charge in [-0.1, -0.05) is 60.1 Å². The van der Waals surface area contributed by atoms with Crippen molar-refractivity contribution >= 4 is 40.6 Å². The van der Waals surface area contributed by atoms with Gasteiger partial charge < -0.3 is 10.2 Å². The lowest BCUT2D eigenvalue weighted by atomic mass is 9.94. The predicted octanol–water partition coefficient (Wildman–Crippen LogP) is 6.73. The van der Waals surface area contributed by atoms with E-state index < -0.39 is 12.1 Å². The molecule has 0 aliphatic rings. The molecule has 0 unspecified atom stereocenters. The maximum absolute atomic E-state index is 11.5. The molecule has 4 rings (SSSR count). The highest BCUT2D eigenvalue weighted by Gasteiger charge is 2.15. The number of benzene rings is 3. The standard InChI is InChI=1S/C28H24ClNO3/c1-18-4-2-7-25(28(32)33)24(18)14-15-27(31)21-6-3-5-19(16-21)8-12-23-13-10-20-9-11-22(29)17-26(20)30-23/h2-13,16-17,27,31H,14-15H2,1H3,(H,32,33)/t27-/m0/s1. The van der Waals surface area contributed by atoms with Crippen molar-refractivity contribution in [1.29, 1.82) is 0 Å². The van der Waals surface area contributed by atoms with Crippen molar-refractivity contribution in [2.24, 2.45) is 0 Å². The first-order chi connectivity index (χ1) is 15.9. The third kappa shape index (κ3) is 5.48. The number of halogens is 1. The third-order valence-corrected chi connectivity index (χ3v) is 5.96. The number of carboxylic acid groups (broad SMARTS) is 1. The molecular weight excluding hydrogens is 434 g/mol. The van der Waals surface area contributed by atoms with Gasteiger partial charge >= 0.3 is 5.97 Å². The van der Waals surface area contributed by atoms with Crippen molar-refractivity contribution in [3.8, 4) is 0 Å². The summed E-state index contributed by atoms with van der Waals surface area (Å²) < 4.78 is 0. The number of carbonyl (C=O) groups is 1. The lowest BCUT2D eigenvalue weighted by Crippen LogP contribution is -2.07. The molecule has 0 amide bonds. The molecule has 166 valence electrons. The molecule has 5 heteroatoms. The van der Waals surface area contributed by atoms with Gasteiger partial charge in [0.05, 0.1) is 22.9 Å². The van der Waals surface area contributed by atoms with Crippen LogP contribution < -0.4 is 0 Å². The summed E-state index contributed by atoms with van der Waals surface area (Å²) in [6.45, 7) is 1.90. The summed E-state index contributed by atoms with van der Waals surface area (Å²) in [4.78, 5) is 16.2. The third-order valence-electron chi connectivity index (χ3n) is 5.73. The first-order valence-electron chi connectivity index (χ1n) is 10.7. The summed E-state index contributed by atoms with van der Waals surface area (Å²) in [5, 5.41) is 21.9. The van der Waals surface area contributed by atoms with Crippen LogP contribution in [0.25, 0.3) is 23.1 Å². The molecule has 0 spiro atoms. The Kier molecular flexibility index (Phi) is 6.87. The summed E-state index contributed by atoms with van der Waals surface area (Å²) in [5.74, 6) is -0.945. The van der Waals surface area contributed by atoms with E-state index in [-0.39, 0.29) is 0 Å². The minimum Gasteiger partial charge on any atom is -0.478 e. The van der Waals surface area contributed by atoms with Gasteiger partial charge in [0.15, 0.2) is 0 Å². The first kappa shape index (κ1) is 22.7. The number of aromatic nitrogens is 1. The van der Waals surface area contributed by atoms with Crippen LogP contribution in [0.1, 0.15) is 50.8 Å². The highest BCUT2D eigenvalue weighted by molar-refractivity contribution is 6.31. The molecular formula is C28H24ClNO3. The summed E-state index contributed by atoms with van der Waals surface area (Å²) in [7, 11) is 0. The molecule has 0 saturated heterocycles. The van der Waals surface area contributed by atoms with E-state index in [9.17, 15) is 15.0 Å². The molecule has 1 aromatic heterocycles. The van der Waals surface area contributed by atoms with Crippen LogP contribution in [0.5, 0.6) is 0 Å². The summed E-state index contributed by atoms with van der Waals surface area (Å²) in [6.07, 6.45) is 4.11. The van der Waals surface area contributed by atoms with E-state index in [0.29, 0.717) is 23.4 Å². The number of fused-ring (bicyclic) bond motifs is 1. The summed E-state index contributed by atoms with van der Waals surface area (Å²) >= 11 is 6.08. The van der Waals surface area contributed by atoms with Crippen LogP contribution in [0, 0.1) is 6.92 Å². The second kappa shape index (κ2) is 9.99. The smallest absolute Gasteiger partial charge is 0.335 e. The highest BCUT2D eigenvalue weighted by atomic mass is 35.5. The maximum atomic E-state index is 11.5. The van der Waals surface area contributed by atoms with Crippen LogP contribution in [0.15, 0.2) is 72.8 Å². The van der Waals surface area contributed by atoms with E-state index in [1.807, 2.05) is 79.7 Å². The summed E-state index contributed by atoms with van der Waals surface area (Å²) in [5.41, 5.74) is 5.37. The monoisotopic (exact) mass is 457 g/mol. The maximum Gasteiger partial charge on any atom is 0.335 e. The number of hydrogen-bond acceptors (Lipinski definition) is 3. The van der Waals surface area contributed by atoms with Gasteiger partial charge in [0.1, 0.15) is 0 Å². The van der Waals surface area contributed by atoms with Crippen molar-refractivity contribution in [3.05, 3.63) is 111 Å². The van der Waals surface area contributed by atoms with E-state index in [0.717, 1.165) is 38.9 Å². The molecule has 0 aliphatic carbocycles. The highest BCUT2D eigenvalue weighted by Crippen LogP contribution is 2.24. The van der Waals surface area contributed by atoms with E-state index in [4.69, 9.17) is 11.6 Å². The largest absolute Gasteiger partial charge is 0.478 e. The molecule has 0 bridgehead atoms. The number of carboxylic acids is 1. The molecule has 0 fully saturated rings. The number of aliphatic hydroxyl groups excluding tert-OH is 1. The second-order valence-corrected chi connectivity index (χ2v) is 8.47. The number of rotatable bonds is 7. The predicted molar refractivity (Wildman–Crippen MR) is 134 cm³/mol. The minimum atomic E-state index is -0.945. The molecule has 1 heterocycles.